The lowest BCUT2D eigenvalue weighted by Crippen LogP contribution is -2.36. The molecule has 10 heteroatoms. The molecule has 1 rings (SSSR count). The number of primary amides is 1. The van der Waals surface area contributed by atoms with Crippen LogP contribution in [0.3, 0.4) is 0 Å². The fourth-order valence-electron chi connectivity index (χ4n) is 1.34. The molecule has 0 saturated carbocycles. The molecule has 0 unspecified atom stereocenters. The zero-order chi connectivity index (χ0) is 18.9. The summed E-state index contributed by atoms with van der Waals surface area (Å²) < 4.78 is 4.55. The van der Waals surface area contributed by atoms with E-state index in [1.54, 1.807) is 18.2 Å². The van der Waals surface area contributed by atoms with Crippen LogP contribution in [0.1, 0.15) is 26.3 Å². The normalized spacial score (nSPS) is 9.80. The fraction of sp³-hybridized carbons (Fsp3) is 0.400. The molecule has 7 nitrogen and oxygen atoms in total. The summed E-state index contributed by atoms with van der Waals surface area (Å²) in [5, 5.41) is 9.86. The highest BCUT2D eigenvalue weighted by Gasteiger charge is 2.11. The first kappa shape index (κ1) is 25.5. The van der Waals surface area contributed by atoms with Crippen molar-refractivity contribution in [2.45, 2.75) is 27.2 Å². The average molecular weight is 414 g/mol. The predicted octanol–water partition coefficient (Wildman–Crippen LogP) is 3.10. The Morgan fingerprint density at radius 3 is 2.00 bits per heavy atom. The van der Waals surface area contributed by atoms with Crippen molar-refractivity contribution in [2.24, 2.45) is 16.9 Å². The van der Waals surface area contributed by atoms with Crippen LogP contribution in [-0.4, -0.2) is 24.6 Å². The molecule has 0 aliphatic carbocycles. The Labute approximate surface area is 163 Å². The van der Waals surface area contributed by atoms with Gasteiger partial charge in [-0.25, -0.2) is 4.79 Å². The van der Waals surface area contributed by atoms with Gasteiger partial charge in [0.25, 0.3) is 0 Å². The Morgan fingerprint density at radius 2 is 1.68 bits per heavy atom. The lowest BCUT2D eigenvalue weighted by Gasteiger charge is -2.16. The maximum Gasteiger partial charge on any atom is 0.404 e. The number of amides is 2. The molecular formula is C15H23Cl3N4O3. The van der Waals surface area contributed by atoms with Crippen molar-refractivity contribution in [3.63, 3.8) is 0 Å². The number of nitrogens with two attached hydrogens (primary N) is 2. The molecule has 0 radical (unpaired) electrons. The van der Waals surface area contributed by atoms with Gasteiger partial charge in [-0.1, -0.05) is 50.0 Å². The Morgan fingerprint density at radius 1 is 1.20 bits per heavy atom. The van der Waals surface area contributed by atoms with Crippen LogP contribution in [0.2, 0.25) is 10.0 Å². The smallest absolute Gasteiger partial charge is 0.404 e. The van der Waals surface area contributed by atoms with E-state index in [2.05, 4.69) is 10.1 Å². The first-order chi connectivity index (χ1) is 10.9. The number of guanidine groups is 1. The molecule has 0 aliphatic heterocycles. The fourth-order valence-corrected chi connectivity index (χ4v) is 1.87. The summed E-state index contributed by atoms with van der Waals surface area (Å²) in [7, 11) is 0. The summed E-state index contributed by atoms with van der Waals surface area (Å²) in [6.45, 7) is 6.28. The van der Waals surface area contributed by atoms with Crippen LogP contribution in [-0.2, 0) is 16.0 Å². The van der Waals surface area contributed by atoms with Gasteiger partial charge in [0.15, 0.2) is 5.96 Å². The molecule has 6 N–H and O–H groups in total. The van der Waals surface area contributed by atoms with Gasteiger partial charge in [0.05, 0.1) is 13.0 Å². The monoisotopic (exact) mass is 412 g/mol. The number of ether oxygens (including phenoxy) is 1. The highest BCUT2D eigenvalue weighted by molar-refractivity contribution is 6.36. The number of benzene rings is 1. The van der Waals surface area contributed by atoms with E-state index in [0.29, 0.717) is 22.2 Å². The van der Waals surface area contributed by atoms with Crippen molar-refractivity contribution in [1.29, 1.82) is 5.41 Å². The van der Waals surface area contributed by atoms with Crippen LogP contribution in [0.5, 0.6) is 0 Å². The van der Waals surface area contributed by atoms with Crippen molar-refractivity contribution in [3.05, 3.63) is 33.8 Å². The average Bonchev–Trinajstić information content (AvgIpc) is 2.40. The number of carbonyl (C=O) groups excluding carboxylic acids is 2. The van der Waals surface area contributed by atoms with Crippen molar-refractivity contribution in [3.8, 4) is 0 Å². The molecule has 0 saturated heterocycles. The van der Waals surface area contributed by atoms with Gasteiger partial charge in [-0.15, -0.1) is 12.4 Å². The molecule has 0 spiro atoms. The van der Waals surface area contributed by atoms with Crippen LogP contribution in [0.15, 0.2) is 18.2 Å². The van der Waals surface area contributed by atoms with E-state index in [4.69, 9.17) is 40.1 Å². The van der Waals surface area contributed by atoms with E-state index in [9.17, 15) is 9.59 Å². The van der Waals surface area contributed by atoms with Gasteiger partial charge in [-0.2, -0.15) is 0 Å². The molecule has 0 aliphatic rings. The quantitative estimate of drug-likeness (QED) is 0.448. The second-order valence-electron chi connectivity index (χ2n) is 6.01. The Kier molecular flexibility index (Phi) is 12.0. The number of hydrogen-bond donors (Lipinski definition) is 4. The molecule has 0 bridgehead atoms. The van der Waals surface area contributed by atoms with Gasteiger partial charge in [-0.05, 0) is 23.1 Å². The minimum Gasteiger partial charge on any atom is -0.449 e. The molecule has 2 amide bonds. The molecule has 1 aromatic rings. The lowest BCUT2D eigenvalue weighted by atomic mass is 9.99. The molecule has 0 atom stereocenters. The summed E-state index contributed by atoms with van der Waals surface area (Å²) in [4.78, 5) is 21.3. The molecule has 0 aromatic heterocycles. The van der Waals surface area contributed by atoms with E-state index in [1.807, 2.05) is 20.8 Å². The van der Waals surface area contributed by atoms with E-state index >= 15 is 0 Å². The van der Waals surface area contributed by atoms with Gasteiger partial charge < -0.3 is 16.2 Å². The number of nitrogens with one attached hydrogen (secondary N) is 2. The molecule has 25 heavy (non-hydrogen) atoms. The third kappa shape index (κ3) is 13.3. The molecule has 0 heterocycles. The van der Waals surface area contributed by atoms with E-state index in [0.717, 1.165) is 0 Å². The summed E-state index contributed by atoms with van der Waals surface area (Å²) >= 11 is 11.7. The summed E-state index contributed by atoms with van der Waals surface area (Å²) in [5.41, 5.74) is 10.3. The molecule has 1 aromatic carbocycles. The van der Waals surface area contributed by atoms with Gasteiger partial charge >= 0.3 is 6.09 Å². The topological polar surface area (TPSA) is 131 Å². The van der Waals surface area contributed by atoms with Gasteiger partial charge in [0, 0.05) is 10.0 Å². The van der Waals surface area contributed by atoms with E-state index in [-0.39, 0.29) is 24.2 Å². The number of hydrogen-bond acceptors (Lipinski definition) is 4. The van der Waals surface area contributed by atoms with Crippen LogP contribution in [0.4, 0.5) is 4.79 Å². The SMILES string of the molecule is CC(C)(C)COC(N)=O.Cl.N=C(N)NC(=O)Cc1c(Cl)cccc1Cl. The first-order valence-corrected chi connectivity index (χ1v) is 7.67. The third-order valence-electron chi connectivity index (χ3n) is 2.32. The van der Waals surface area contributed by atoms with E-state index < -0.39 is 18.0 Å². The van der Waals surface area contributed by atoms with Crippen LogP contribution in [0.25, 0.3) is 0 Å². The van der Waals surface area contributed by atoms with Crippen LogP contribution < -0.4 is 16.8 Å². The summed E-state index contributed by atoms with van der Waals surface area (Å²) in [6, 6.07) is 4.98. The van der Waals surface area contributed by atoms with Gasteiger partial charge in [0.2, 0.25) is 5.91 Å². The molecule has 0 fully saturated rings. The molecule has 142 valence electrons. The second-order valence-corrected chi connectivity index (χ2v) is 6.82. The highest BCUT2D eigenvalue weighted by atomic mass is 35.5. The largest absolute Gasteiger partial charge is 0.449 e. The first-order valence-electron chi connectivity index (χ1n) is 6.91. The molecular weight excluding hydrogens is 391 g/mol. The summed E-state index contributed by atoms with van der Waals surface area (Å²) in [5.74, 6) is -0.819. The highest BCUT2D eigenvalue weighted by Crippen LogP contribution is 2.24. The number of halogens is 3. The third-order valence-corrected chi connectivity index (χ3v) is 3.03. The Hall–Kier alpha value is -1.70. The maximum absolute atomic E-state index is 11.3. The standard InChI is InChI=1S/C9H9Cl2N3O.C6H13NO2.ClH/c10-6-2-1-3-7(11)5(6)4-8(15)14-9(12)13;1-6(2,3)4-9-5(7)8;/h1-3H,4H2,(H4,12,13,14,15);4H2,1-3H3,(H2,7,8);1H. The minimum atomic E-state index is -0.704. The minimum absolute atomic E-state index is 0. The van der Waals surface area contributed by atoms with Crippen molar-refractivity contribution in [1.82, 2.24) is 5.32 Å². The van der Waals surface area contributed by atoms with Crippen molar-refractivity contribution in [2.75, 3.05) is 6.61 Å². The van der Waals surface area contributed by atoms with Crippen molar-refractivity contribution >= 4 is 53.6 Å². The van der Waals surface area contributed by atoms with Crippen LogP contribution >= 0.6 is 35.6 Å². The zero-order valence-electron chi connectivity index (χ0n) is 14.2. The zero-order valence-corrected chi connectivity index (χ0v) is 16.5. The summed E-state index contributed by atoms with van der Waals surface area (Å²) in [6.07, 6.45) is -0.706. The van der Waals surface area contributed by atoms with Crippen LogP contribution in [0, 0.1) is 10.8 Å². The lowest BCUT2D eigenvalue weighted by molar-refractivity contribution is -0.119. The maximum atomic E-state index is 11.3. The number of rotatable bonds is 3. The van der Waals surface area contributed by atoms with Gasteiger partial charge in [-0.3, -0.25) is 15.5 Å². The van der Waals surface area contributed by atoms with Gasteiger partial charge in [0.1, 0.15) is 0 Å². The van der Waals surface area contributed by atoms with E-state index in [1.165, 1.54) is 0 Å². The predicted molar refractivity (Wildman–Crippen MR) is 102 cm³/mol. The number of carbonyl (C=O) groups is 2. The van der Waals surface area contributed by atoms with Crippen molar-refractivity contribution < 1.29 is 14.3 Å². The second kappa shape index (κ2) is 11.8. The Bertz CT molecular complexity index is 584. The Balaban J connectivity index is 0.